The van der Waals surface area contributed by atoms with E-state index in [4.69, 9.17) is 10.5 Å². The van der Waals surface area contributed by atoms with E-state index in [1.807, 2.05) is 19.2 Å². The van der Waals surface area contributed by atoms with Crippen molar-refractivity contribution in [2.24, 2.45) is 10.7 Å². The second-order valence-corrected chi connectivity index (χ2v) is 5.25. The Morgan fingerprint density at radius 3 is 2.45 bits per heavy atom. The molecule has 1 fully saturated rings. The van der Waals surface area contributed by atoms with Crippen molar-refractivity contribution in [1.29, 1.82) is 0 Å². The fraction of sp³-hybridized carbons (Fsp3) is 0.533. The van der Waals surface area contributed by atoms with Gasteiger partial charge in [-0.25, -0.2) is 4.99 Å². The number of aryl methyl sites for hydroxylation is 2. The molecule has 112 valence electrons. The van der Waals surface area contributed by atoms with Crippen LogP contribution >= 0.6 is 24.0 Å². The van der Waals surface area contributed by atoms with Crippen molar-refractivity contribution in [1.82, 2.24) is 4.90 Å². The minimum Gasteiger partial charge on any atom is -0.492 e. The maximum absolute atomic E-state index is 5.91. The largest absolute Gasteiger partial charge is 0.492 e. The van der Waals surface area contributed by atoms with Crippen LogP contribution in [0, 0.1) is 13.8 Å². The number of halogens is 1. The third-order valence-electron chi connectivity index (χ3n) is 3.28. The molecule has 1 aliphatic rings. The van der Waals surface area contributed by atoms with E-state index in [0.717, 1.165) is 5.75 Å². The van der Waals surface area contributed by atoms with Gasteiger partial charge in [-0.1, -0.05) is 6.07 Å². The minimum absolute atomic E-state index is 0. The third-order valence-corrected chi connectivity index (χ3v) is 3.28. The van der Waals surface area contributed by atoms with Gasteiger partial charge in [-0.3, -0.25) is 0 Å². The average Bonchev–Trinajstić information content (AvgIpc) is 3.16. The third kappa shape index (κ3) is 5.19. The SMILES string of the molecule is Cc1cc(C)cc(OCCN=C(N)N(C)C2CC2)c1.I. The van der Waals surface area contributed by atoms with Crippen LogP contribution in [-0.2, 0) is 0 Å². The molecule has 1 aromatic rings. The van der Waals surface area contributed by atoms with Crippen LogP contribution in [0.4, 0.5) is 0 Å². The Morgan fingerprint density at radius 1 is 1.30 bits per heavy atom. The lowest BCUT2D eigenvalue weighted by atomic mass is 10.1. The summed E-state index contributed by atoms with van der Waals surface area (Å²) in [6.45, 7) is 5.29. The first-order chi connectivity index (χ1) is 9.06. The van der Waals surface area contributed by atoms with Crippen LogP contribution in [-0.4, -0.2) is 37.1 Å². The number of hydrogen-bond acceptors (Lipinski definition) is 2. The Balaban J connectivity index is 0.00000200. The number of hydrogen-bond donors (Lipinski definition) is 1. The lowest BCUT2D eigenvalue weighted by Crippen LogP contribution is -2.36. The molecule has 0 radical (unpaired) electrons. The smallest absolute Gasteiger partial charge is 0.191 e. The van der Waals surface area contributed by atoms with Crippen LogP contribution in [0.25, 0.3) is 0 Å². The summed E-state index contributed by atoms with van der Waals surface area (Å²) in [4.78, 5) is 6.39. The molecule has 4 nitrogen and oxygen atoms in total. The van der Waals surface area contributed by atoms with E-state index in [9.17, 15) is 0 Å². The van der Waals surface area contributed by atoms with E-state index >= 15 is 0 Å². The topological polar surface area (TPSA) is 50.9 Å². The maximum atomic E-state index is 5.91. The molecule has 0 bridgehead atoms. The Kier molecular flexibility index (Phi) is 6.58. The lowest BCUT2D eigenvalue weighted by Gasteiger charge is -2.16. The fourth-order valence-corrected chi connectivity index (χ4v) is 2.10. The van der Waals surface area contributed by atoms with Crippen molar-refractivity contribution in [3.8, 4) is 5.75 Å². The van der Waals surface area contributed by atoms with Crippen molar-refractivity contribution in [3.05, 3.63) is 29.3 Å². The molecule has 5 heteroatoms. The van der Waals surface area contributed by atoms with E-state index in [1.54, 1.807) is 0 Å². The zero-order valence-corrected chi connectivity index (χ0v) is 14.8. The van der Waals surface area contributed by atoms with E-state index in [2.05, 4.69) is 29.8 Å². The molecule has 2 rings (SSSR count). The first-order valence-corrected chi connectivity index (χ1v) is 6.80. The van der Waals surface area contributed by atoms with Crippen LogP contribution in [0.2, 0.25) is 0 Å². The van der Waals surface area contributed by atoms with Gasteiger partial charge in [0.1, 0.15) is 12.4 Å². The van der Waals surface area contributed by atoms with Gasteiger partial charge in [0.25, 0.3) is 0 Å². The van der Waals surface area contributed by atoms with Crippen molar-refractivity contribution in [2.75, 3.05) is 20.2 Å². The summed E-state index contributed by atoms with van der Waals surface area (Å²) in [5.74, 6) is 1.52. The number of guanidine groups is 1. The van der Waals surface area contributed by atoms with Crippen molar-refractivity contribution < 1.29 is 4.74 Å². The first kappa shape index (κ1) is 17.1. The summed E-state index contributed by atoms with van der Waals surface area (Å²) >= 11 is 0. The number of benzene rings is 1. The molecule has 0 atom stereocenters. The second kappa shape index (κ2) is 7.71. The van der Waals surface area contributed by atoms with E-state index in [0.29, 0.717) is 25.2 Å². The predicted molar refractivity (Wildman–Crippen MR) is 94.1 cm³/mol. The second-order valence-electron chi connectivity index (χ2n) is 5.25. The monoisotopic (exact) mass is 389 g/mol. The average molecular weight is 389 g/mol. The Bertz CT molecular complexity index is 452. The van der Waals surface area contributed by atoms with Gasteiger partial charge in [0.05, 0.1) is 6.54 Å². The van der Waals surface area contributed by atoms with Crippen molar-refractivity contribution in [3.63, 3.8) is 0 Å². The molecule has 0 saturated heterocycles. The quantitative estimate of drug-likeness (QED) is 0.365. The van der Waals surface area contributed by atoms with Crippen LogP contribution in [0.3, 0.4) is 0 Å². The molecule has 1 aromatic carbocycles. The summed E-state index contributed by atoms with van der Waals surface area (Å²) in [6, 6.07) is 6.81. The molecule has 0 amide bonds. The van der Waals surface area contributed by atoms with Crippen LogP contribution < -0.4 is 10.5 Å². The van der Waals surface area contributed by atoms with Crippen molar-refractivity contribution in [2.45, 2.75) is 32.7 Å². The van der Waals surface area contributed by atoms with Gasteiger partial charge in [-0.05, 0) is 49.9 Å². The normalized spacial score (nSPS) is 14.7. The molecule has 0 unspecified atom stereocenters. The summed E-state index contributed by atoms with van der Waals surface area (Å²) in [7, 11) is 2.00. The van der Waals surface area contributed by atoms with Gasteiger partial charge < -0.3 is 15.4 Å². The highest BCUT2D eigenvalue weighted by Crippen LogP contribution is 2.24. The number of ether oxygens (including phenoxy) is 1. The Hall–Kier alpha value is -0.980. The van der Waals surface area contributed by atoms with Crippen LogP contribution in [0.1, 0.15) is 24.0 Å². The lowest BCUT2D eigenvalue weighted by molar-refractivity contribution is 0.327. The Labute approximate surface area is 138 Å². The number of rotatable bonds is 5. The summed E-state index contributed by atoms with van der Waals surface area (Å²) in [5.41, 5.74) is 8.33. The minimum atomic E-state index is 0. The fourth-order valence-electron chi connectivity index (χ4n) is 2.10. The van der Waals surface area contributed by atoms with Crippen LogP contribution in [0.5, 0.6) is 5.75 Å². The summed E-state index contributed by atoms with van der Waals surface area (Å²) in [5, 5.41) is 0. The number of nitrogens with two attached hydrogens (primary N) is 1. The van der Waals surface area contributed by atoms with Gasteiger partial charge >= 0.3 is 0 Å². The molecule has 0 aromatic heterocycles. The molecule has 0 aliphatic heterocycles. The van der Waals surface area contributed by atoms with Gasteiger partial charge in [0.2, 0.25) is 0 Å². The zero-order valence-electron chi connectivity index (χ0n) is 12.4. The standard InChI is InChI=1S/C15H23N3O.HI/c1-11-8-12(2)10-14(9-11)19-7-6-17-15(16)18(3)13-4-5-13;/h8-10,13H,4-7H2,1-3H3,(H2,16,17);1H. The van der Waals surface area contributed by atoms with Gasteiger partial charge in [0.15, 0.2) is 5.96 Å². The molecule has 1 aliphatic carbocycles. The highest BCUT2D eigenvalue weighted by Gasteiger charge is 2.27. The predicted octanol–water partition coefficient (Wildman–Crippen LogP) is 2.71. The van der Waals surface area contributed by atoms with Gasteiger partial charge in [-0.15, -0.1) is 24.0 Å². The molecule has 2 N–H and O–H groups in total. The number of nitrogens with zero attached hydrogens (tertiary/aromatic N) is 2. The molecule has 0 spiro atoms. The van der Waals surface area contributed by atoms with E-state index < -0.39 is 0 Å². The van der Waals surface area contributed by atoms with Crippen LogP contribution in [0.15, 0.2) is 23.2 Å². The maximum Gasteiger partial charge on any atom is 0.191 e. The highest BCUT2D eigenvalue weighted by atomic mass is 127. The molecular weight excluding hydrogens is 365 g/mol. The molecular formula is C15H24IN3O. The summed E-state index contributed by atoms with van der Waals surface area (Å²) < 4.78 is 5.69. The van der Waals surface area contributed by atoms with E-state index in [-0.39, 0.29) is 24.0 Å². The molecule has 0 heterocycles. The number of aliphatic imine (C=N–C) groups is 1. The first-order valence-electron chi connectivity index (χ1n) is 6.80. The molecule has 1 saturated carbocycles. The van der Waals surface area contributed by atoms with Gasteiger partial charge in [-0.2, -0.15) is 0 Å². The summed E-state index contributed by atoms with van der Waals surface area (Å²) in [6.07, 6.45) is 2.46. The zero-order chi connectivity index (χ0) is 13.8. The molecule has 20 heavy (non-hydrogen) atoms. The van der Waals surface area contributed by atoms with E-state index in [1.165, 1.54) is 24.0 Å². The Morgan fingerprint density at radius 2 is 1.90 bits per heavy atom. The highest BCUT2D eigenvalue weighted by molar-refractivity contribution is 14.0. The van der Waals surface area contributed by atoms with Crippen molar-refractivity contribution >= 4 is 29.9 Å². The van der Waals surface area contributed by atoms with Gasteiger partial charge in [0, 0.05) is 13.1 Å².